The van der Waals surface area contributed by atoms with Gasteiger partial charge in [0, 0.05) is 18.7 Å². The second-order valence-corrected chi connectivity index (χ2v) is 6.54. The average molecular weight is 326 g/mol. The van der Waals surface area contributed by atoms with Crippen LogP contribution >= 0.6 is 0 Å². The molecule has 0 amide bonds. The normalized spacial score (nSPS) is 13.3. The minimum absolute atomic E-state index is 0.913. The molecule has 0 N–H and O–H groups in total. The van der Waals surface area contributed by atoms with Gasteiger partial charge in [-0.05, 0) is 36.1 Å². The highest BCUT2D eigenvalue weighted by Crippen LogP contribution is 2.28. The first kappa shape index (κ1) is 15.6. The molecule has 0 fully saturated rings. The van der Waals surface area contributed by atoms with Gasteiger partial charge in [-0.3, -0.25) is 0 Å². The molecule has 0 saturated carbocycles. The van der Waals surface area contributed by atoms with Crippen LogP contribution in [0.2, 0.25) is 0 Å². The maximum Gasteiger partial charge on any atom is 0.137 e. The number of para-hydroxylation sites is 1. The van der Waals surface area contributed by atoms with E-state index in [0.717, 1.165) is 31.0 Å². The Labute approximate surface area is 149 Å². The first-order chi connectivity index (χ1) is 12.3. The van der Waals surface area contributed by atoms with Crippen LogP contribution in [0.25, 0.3) is 0 Å². The standard InChI is InChI=1S/C23H22N2/c1-18-9-5-7-13-21(18)23-24-22-14-8-6-12-20(22)17-25(23)16-15-19-10-3-2-4-11-19/h2-14H,15-17H2,1H3. The van der Waals surface area contributed by atoms with Gasteiger partial charge in [-0.2, -0.15) is 0 Å². The summed E-state index contributed by atoms with van der Waals surface area (Å²) in [6.45, 7) is 4.04. The van der Waals surface area contributed by atoms with E-state index in [1.54, 1.807) is 0 Å². The van der Waals surface area contributed by atoms with Gasteiger partial charge in [0.15, 0.2) is 0 Å². The van der Waals surface area contributed by atoms with Crippen LogP contribution in [0.15, 0.2) is 83.9 Å². The van der Waals surface area contributed by atoms with Crippen molar-refractivity contribution in [3.63, 3.8) is 0 Å². The summed E-state index contributed by atoms with van der Waals surface area (Å²) in [5, 5.41) is 0. The second-order valence-electron chi connectivity index (χ2n) is 6.54. The van der Waals surface area contributed by atoms with Crippen molar-refractivity contribution < 1.29 is 0 Å². The minimum Gasteiger partial charge on any atom is -0.351 e. The Bertz CT molecular complexity index is 897. The zero-order valence-electron chi connectivity index (χ0n) is 14.5. The van der Waals surface area contributed by atoms with Crippen molar-refractivity contribution in [1.29, 1.82) is 0 Å². The number of hydrogen-bond donors (Lipinski definition) is 0. The van der Waals surface area contributed by atoms with Crippen LogP contribution in [0.5, 0.6) is 0 Å². The average Bonchev–Trinajstić information content (AvgIpc) is 2.67. The molecule has 0 spiro atoms. The zero-order chi connectivity index (χ0) is 17.1. The summed E-state index contributed by atoms with van der Waals surface area (Å²) in [6, 6.07) is 27.7. The summed E-state index contributed by atoms with van der Waals surface area (Å²) in [7, 11) is 0. The molecule has 124 valence electrons. The first-order valence-electron chi connectivity index (χ1n) is 8.83. The second kappa shape index (κ2) is 6.94. The smallest absolute Gasteiger partial charge is 0.137 e. The fraction of sp³-hybridized carbons (Fsp3) is 0.174. The number of aryl methyl sites for hydroxylation is 1. The van der Waals surface area contributed by atoms with Gasteiger partial charge < -0.3 is 4.90 Å². The van der Waals surface area contributed by atoms with E-state index in [1.807, 2.05) is 0 Å². The molecule has 0 unspecified atom stereocenters. The van der Waals surface area contributed by atoms with Gasteiger partial charge in [0.1, 0.15) is 5.84 Å². The third-order valence-corrected chi connectivity index (χ3v) is 4.78. The first-order valence-corrected chi connectivity index (χ1v) is 8.83. The molecule has 0 aliphatic carbocycles. The molecule has 25 heavy (non-hydrogen) atoms. The van der Waals surface area contributed by atoms with E-state index in [0.29, 0.717) is 0 Å². The Morgan fingerprint density at radius 1 is 0.840 bits per heavy atom. The van der Waals surface area contributed by atoms with Crippen LogP contribution in [-0.2, 0) is 13.0 Å². The van der Waals surface area contributed by atoms with Crippen LogP contribution in [0.3, 0.4) is 0 Å². The molecule has 4 rings (SSSR count). The predicted molar refractivity (Wildman–Crippen MR) is 104 cm³/mol. The Balaban J connectivity index is 1.68. The van der Waals surface area contributed by atoms with Gasteiger partial charge in [-0.1, -0.05) is 72.8 Å². The molecular weight excluding hydrogens is 304 g/mol. The lowest BCUT2D eigenvalue weighted by Gasteiger charge is -2.31. The highest BCUT2D eigenvalue weighted by atomic mass is 15.2. The zero-order valence-corrected chi connectivity index (χ0v) is 14.5. The summed E-state index contributed by atoms with van der Waals surface area (Å²) in [4.78, 5) is 7.43. The minimum atomic E-state index is 0.913. The van der Waals surface area contributed by atoms with Crippen molar-refractivity contribution >= 4 is 11.5 Å². The van der Waals surface area contributed by atoms with Crippen LogP contribution in [0.4, 0.5) is 5.69 Å². The third kappa shape index (κ3) is 3.34. The molecule has 0 bridgehead atoms. The van der Waals surface area contributed by atoms with Gasteiger partial charge >= 0.3 is 0 Å². The third-order valence-electron chi connectivity index (χ3n) is 4.78. The van der Waals surface area contributed by atoms with Crippen molar-refractivity contribution in [2.45, 2.75) is 19.9 Å². The lowest BCUT2D eigenvalue weighted by atomic mass is 10.0. The van der Waals surface area contributed by atoms with E-state index in [1.165, 1.54) is 22.3 Å². The molecule has 0 radical (unpaired) electrons. The molecule has 3 aromatic rings. The summed E-state index contributed by atoms with van der Waals surface area (Å²) in [5.74, 6) is 1.09. The van der Waals surface area contributed by atoms with E-state index in [-0.39, 0.29) is 0 Å². The number of amidine groups is 1. The molecule has 0 atom stereocenters. The van der Waals surface area contributed by atoms with Crippen molar-refractivity contribution in [2.75, 3.05) is 6.54 Å². The monoisotopic (exact) mass is 326 g/mol. The summed E-state index contributed by atoms with van der Waals surface area (Å²) in [5.41, 5.74) is 6.26. The number of rotatable bonds is 4. The van der Waals surface area contributed by atoms with Gasteiger partial charge in [-0.25, -0.2) is 4.99 Å². The fourth-order valence-corrected chi connectivity index (χ4v) is 3.37. The molecule has 3 aromatic carbocycles. The quantitative estimate of drug-likeness (QED) is 0.649. The van der Waals surface area contributed by atoms with E-state index < -0.39 is 0 Å². The van der Waals surface area contributed by atoms with E-state index in [4.69, 9.17) is 4.99 Å². The van der Waals surface area contributed by atoms with Gasteiger partial charge in [0.25, 0.3) is 0 Å². The highest BCUT2D eigenvalue weighted by molar-refractivity contribution is 6.02. The molecule has 2 heteroatoms. The number of fused-ring (bicyclic) bond motifs is 1. The van der Waals surface area contributed by atoms with Crippen LogP contribution in [0, 0.1) is 6.92 Å². The summed E-state index contributed by atoms with van der Waals surface area (Å²) < 4.78 is 0. The van der Waals surface area contributed by atoms with Crippen molar-refractivity contribution in [2.24, 2.45) is 4.99 Å². The molecule has 1 aliphatic heterocycles. The Morgan fingerprint density at radius 2 is 1.56 bits per heavy atom. The maximum absolute atomic E-state index is 5.01. The molecule has 1 heterocycles. The van der Waals surface area contributed by atoms with Crippen LogP contribution in [-0.4, -0.2) is 17.3 Å². The Hall–Kier alpha value is -2.87. The van der Waals surface area contributed by atoms with E-state index >= 15 is 0 Å². The molecule has 1 aliphatic rings. The van der Waals surface area contributed by atoms with Gasteiger partial charge in [-0.15, -0.1) is 0 Å². The van der Waals surface area contributed by atoms with Gasteiger partial charge in [0.2, 0.25) is 0 Å². The number of aliphatic imine (C=N–C) groups is 1. The molecular formula is C23H22N2. The summed E-state index contributed by atoms with van der Waals surface area (Å²) in [6.07, 6.45) is 1.02. The topological polar surface area (TPSA) is 15.6 Å². The molecule has 0 saturated heterocycles. The molecule has 0 aromatic heterocycles. The van der Waals surface area contributed by atoms with Crippen molar-refractivity contribution in [1.82, 2.24) is 4.90 Å². The van der Waals surface area contributed by atoms with Crippen LogP contribution < -0.4 is 0 Å². The van der Waals surface area contributed by atoms with Crippen molar-refractivity contribution in [3.05, 3.63) is 101 Å². The fourth-order valence-electron chi connectivity index (χ4n) is 3.37. The Kier molecular flexibility index (Phi) is 4.34. The summed E-state index contributed by atoms with van der Waals surface area (Å²) >= 11 is 0. The lowest BCUT2D eigenvalue weighted by Crippen LogP contribution is -2.35. The number of benzene rings is 3. The van der Waals surface area contributed by atoms with E-state index in [2.05, 4.69) is 90.7 Å². The van der Waals surface area contributed by atoms with E-state index in [9.17, 15) is 0 Å². The lowest BCUT2D eigenvalue weighted by molar-refractivity contribution is 0.412. The predicted octanol–water partition coefficient (Wildman–Crippen LogP) is 5.13. The highest BCUT2D eigenvalue weighted by Gasteiger charge is 2.21. The Morgan fingerprint density at radius 3 is 2.40 bits per heavy atom. The van der Waals surface area contributed by atoms with Crippen molar-refractivity contribution in [3.8, 4) is 0 Å². The number of hydrogen-bond acceptors (Lipinski definition) is 2. The SMILES string of the molecule is Cc1ccccc1C1=Nc2ccccc2CN1CCc1ccccc1. The van der Waals surface area contributed by atoms with Crippen LogP contribution in [0.1, 0.15) is 22.3 Å². The maximum atomic E-state index is 5.01. The molecule has 2 nitrogen and oxygen atoms in total. The van der Waals surface area contributed by atoms with Gasteiger partial charge in [0.05, 0.1) is 5.69 Å². The number of nitrogens with zero attached hydrogens (tertiary/aromatic N) is 2. The largest absolute Gasteiger partial charge is 0.351 e.